The monoisotopic (exact) mass is 463 g/mol. The summed E-state index contributed by atoms with van der Waals surface area (Å²) in [6, 6.07) is 16.3. The second kappa shape index (κ2) is 11.1. The van der Waals surface area contributed by atoms with Crippen molar-refractivity contribution in [3.8, 4) is 16.8 Å². The highest BCUT2D eigenvalue weighted by atomic mass is 19.1. The molecule has 0 fully saturated rings. The van der Waals surface area contributed by atoms with Crippen molar-refractivity contribution in [2.75, 3.05) is 7.11 Å². The zero-order valence-corrected chi connectivity index (χ0v) is 19.9. The fraction of sp³-hybridized carbons (Fsp3) is 0.286. The number of rotatable bonds is 9. The zero-order chi connectivity index (χ0) is 24.8. The number of carbonyl (C=O) groups excluding carboxylic acids is 2. The third-order valence-corrected chi connectivity index (χ3v) is 5.67. The van der Waals surface area contributed by atoms with Gasteiger partial charge in [-0.2, -0.15) is 0 Å². The van der Waals surface area contributed by atoms with Crippen LogP contribution in [0.15, 0.2) is 60.7 Å². The maximum absolute atomic E-state index is 13.7. The molecule has 1 unspecified atom stereocenters. The number of para-hydroxylation sites is 1. The molecular weight excluding hydrogens is 433 g/mol. The minimum Gasteiger partial charge on any atom is -0.469 e. The number of Topliss-reactive ketones (excluding diaryl/α,β-unsaturated/α-hetero) is 1. The minimum atomic E-state index is -1.06. The lowest BCUT2D eigenvalue weighted by Gasteiger charge is -2.15. The topological polar surface area (TPSA) is 68.5 Å². The van der Waals surface area contributed by atoms with Gasteiger partial charge in [0.2, 0.25) is 0 Å². The van der Waals surface area contributed by atoms with Gasteiger partial charge in [0.1, 0.15) is 18.0 Å². The van der Waals surface area contributed by atoms with Crippen molar-refractivity contribution in [2.45, 2.75) is 45.6 Å². The van der Waals surface area contributed by atoms with Crippen molar-refractivity contribution >= 4 is 17.8 Å². The minimum absolute atomic E-state index is 0.130. The third kappa shape index (κ3) is 5.69. The number of hydrogen-bond acceptors (Lipinski definition) is 4. The Kier molecular flexibility index (Phi) is 8.18. The molecule has 1 heterocycles. The molecule has 5 nitrogen and oxygen atoms in total. The van der Waals surface area contributed by atoms with Gasteiger partial charge in [-0.05, 0) is 42.7 Å². The maximum Gasteiger partial charge on any atom is 0.313 e. The molecule has 1 N–H and O–H groups in total. The molecule has 0 spiro atoms. The normalized spacial score (nSPS) is 12.3. The van der Waals surface area contributed by atoms with E-state index in [1.165, 1.54) is 19.2 Å². The van der Waals surface area contributed by atoms with Crippen molar-refractivity contribution in [1.29, 1.82) is 0 Å². The van der Waals surface area contributed by atoms with Crippen molar-refractivity contribution in [3.63, 3.8) is 0 Å². The fourth-order valence-corrected chi connectivity index (χ4v) is 4.18. The smallest absolute Gasteiger partial charge is 0.313 e. The van der Waals surface area contributed by atoms with Crippen molar-refractivity contribution in [2.24, 2.45) is 0 Å². The van der Waals surface area contributed by atoms with Crippen LogP contribution in [-0.2, 0) is 14.3 Å². The molecule has 178 valence electrons. The largest absolute Gasteiger partial charge is 0.469 e. The Bertz CT molecular complexity index is 1180. The highest BCUT2D eigenvalue weighted by Gasteiger charge is 2.23. The molecule has 3 rings (SSSR count). The standard InChI is InChI=1S/C28H30FNO4/c1-18(2)28-25(15-14-23(31)16-24(32)17-26(33)34-4)27(20-10-12-21(29)13-11-20)19(3)30(28)22-8-6-5-7-9-22/h5-15,18,23,31H,16-17H2,1-4H3/b15-14+. The average Bonchev–Trinajstić information content (AvgIpc) is 3.10. The Balaban J connectivity index is 2.10. The number of carbonyl (C=O) groups is 2. The molecule has 3 aromatic rings. The Morgan fingerprint density at radius 2 is 1.74 bits per heavy atom. The van der Waals surface area contributed by atoms with Crippen molar-refractivity contribution < 1.29 is 23.8 Å². The molecule has 0 saturated heterocycles. The van der Waals surface area contributed by atoms with Crippen LogP contribution < -0.4 is 0 Å². The van der Waals surface area contributed by atoms with Crippen LogP contribution in [0.5, 0.6) is 0 Å². The first-order valence-corrected chi connectivity index (χ1v) is 11.2. The van der Waals surface area contributed by atoms with E-state index in [0.29, 0.717) is 0 Å². The third-order valence-electron chi connectivity index (χ3n) is 5.67. The van der Waals surface area contributed by atoms with Crippen LogP contribution in [-0.4, -0.2) is 34.6 Å². The van der Waals surface area contributed by atoms with E-state index in [1.807, 2.05) is 43.3 Å². The van der Waals surface area contributed by atoms with E-state index in [9.17, 15) is 19.1 Å². The molecule has 1 aromatic heterocycles. The highest BCUT2D eigenvalue weighted by Crippen LogP contribution is 2.39. The first-order valence-electron chi connectivity index (χ1n) is 11.2. The molecule has 0 aliphatic carbocycles. The quantitative estimate of drug-likeness (QED) is 0.331. The van der Waals surface area contributed by atoms with Crippen LogP contribution >= 0.6 is 0 Å². The van der Waals surface area contributed by atoms with Crippen LogP contribution in [0.2, 0.25) is 0 Å². The molecule has 2 aromatic carbocycles. The SMILES string of the molecule is COC(=O)CC(=O)CC(O)/C=C/c1c(-c2ccc(F)cc2)c(C)n(-c2ccccc2)c1C(C)C. The van der Waals surface area contributed by atoms with Gasteiger partial charge >= 0.3 is 5.97 Å². The summed E-state index contributed by atoms with van der Waals surface area (Å²) in [6.45, 7) is 6.21. The molecule has 0 amide bonds. The molecular formula is C28H30FNO4. The van der Waals surface area contributed by atoms with Crippen LogP contribution in [0, 0.1) is 12.7 Å². The molecule has 0 bridgehead atoms. The number of ether oxygens (including phenoxy) is 1. The summed E-state index contributed by atoms with van der Waals surface area (Å²) >= 11 is 0. The zero-order valence-electron chi connectivity index (χ0n) is 19.9. The number of nitrogens with zero attached hydrogens (tertiary/aromatic N) is 1. The lowest BCUT2D eigenvalue weighted by atomic mass is 9.96. The fourth-order valence-electron chi connectivity index (χ4n) is 4.18. The summed E-state index contributed by atoms with van der Waals surface area (Å²) in [4.78, 5) is 23.4. The number of hydrogen-bond donors (Lipinski definition) is 1. The Morgan fingerprint density at radius 1 is 1.09 bits per heavy atom. The summed E-state index contributed by atoms with van der Waals surface area (Å²) in [5, 5.41) is 10.5. The molecule has 0 radical (unpaired) electrons. The van der Waals surface area contributed by atoms with Gasteiger partial charge in [0, 0.05) is 34.6 Å². The number of aliphatic hydroxyl groups excluding tert-OH is 1. The van der Waals surface area contributed by atoms with Crippen LogP contribution in [0.3, 0.4) is 0 Å². The highest BCUT2D eigenvalue weighted by molar-refractivity contribution is 5.95. The van der Waals surface area contributed by atoms with Crippen LogP contribution in [0.4, 0.5) is 4.39 Å². The number of aromatic nitrogens is 1. The second-order valence-electron chi connectivity index (χ2n) is 8.51. The summed E-state index contributed by atoms with van der Waals surface area (Å²) in [5.41, 5.74) is 5.69. The number of aliphatic hydroxyl groups is 1. The van der Waals surface area contributed by atoms with E-state index < -0.39 is 17.9 Å². The van der Waals surface area contributed by atoms with Gasteiger partial charge in [-0.15, -0.1) is 0 Å². The molecule has 34 heavy (non-hydrogen) atoms. The predicted octanol–water partition coefficient (Wildman–Crippen LogP) is 5.61. The van der Waals surface area contributed by atoms with E-state index in [1.54, 1.807) is 18.2 Å². The molecule has 1 atom stereocenters. The van der Waals surface area contributed by atoms with Gasteiger partial charge in [0.05, 0.1) is 13.2 Å². The van der Waals surface area contributed by atoms with Gasteiger partial charge in [-0.1, -0.05) is 56.3 Å². The van der Waals surface area contributed by atoms with E-state index in [-0.39, 0.29) is 24.6 Å². The summed E-state index contributed by atoms with van der Waals surface area (Å²) in [7, 11) is 1.22. The van der Waals surface area contributed by atoms with Gasteiger partial charge in [-0.3, -0.25) is 9.59 Å². The lowest BCUT2D eigenvalue weighted by Crippen LogP contribution is -2.15. The first-order chi connectivity index (χ1) is 16.2. The number of ketones is 1. The lowest BCUT2D eigenvalue weighted by molar-refractivity contribution is -0.143. The summed E-state index contributed by atoms with van der Waals surface area (Å²) < 4.78 is 20.3. The summed E-state index contributed by atoms with van der Waals surface area (Å²) in [6.07, 6.45) is 1.77. The van der Waals surface area contributed by atoms with Crippen LogP contribution in [0.1, 0.15) is 49.6 Å². The van der Waals surface area contributed by atoms with Crippen molar-refractivity contribution in [1.82, 2.24) is 4.57 Å². The number of halogens is 1. The summed E-state index contributed by atoms with van der Waals surface area (Å²) in [5.74, 6) is -1.21. The van der Waals surface area contributed by atoms with Gasteiger partial charge in [0.25, 0.3) is 0 Å². The number of benzene rings is 2. The first kappa shape index (κ1) is 25.1. The molecule has 0 aliphatic rings. The number of methoxy groups -OCH3 is 1. The van der Waals surface area contributed by atoms with E-state index in [4.69, 9.17) is 0 Å². The van der Waals surface area contributed by atoms with Crippen LogP contribution in [0.25, 0.3) is 22.9 Å². The van der Waals surface area contributed by atoms with Gasteiger partial charge in [-0.25, -0.2) is 4.39 Å². The Labute approximate surface area is 199 Å². The van der Waals surface area contributed by atoms with E-state index in [2.05, 4.69) is 23.2 Å². The molecule has 0 saturated carbocycles. The molecule has 6 heteroatoms. The predicted molar refractivity (Wildman–Crippen MR) is 131 cm³/mol. The van der Waals surface area contributed by atoms with Crippen molar-refractivity contribution in [3.05, 3.63) is 83.4 Å². The average molecular weight is 464 g/mol. The Morgan fingerprint density at radius 3 is 2.32 bits per heavy atom. The second-order valence-corrected chi connectivity index (χ2v) is 8.51. The van der Waals surface area contributed by atoms with E-state index >= 15 is 0 Å². The number of esters is 1. The van der Waals surface area contributed by atoms with Gasteiger partial charge < -0.3 is 14.4 Å². The Hall–Kier alpha value is -3.51. The van der Waals surface area contributed by atoms with E-state index in [0.717, 1.165) is 33.8 Å². The van der Waals surface area contributed by atoms with Gasteiger partial charge in [0.15, 0.2) is 0 Å². The molecule has 0 aliphatic heterocycles. The maximum atomic E-state index is 13.7.